The number of rotatable bonds is 2. The lowest BCUT2D eigenvalue weighted by molar-refractivity contribution is -0.196. The van der Waals surface area contributed by atoms with E-state index >= 15 is 0 Å². The minimum absolute atomic E-state index is 0.0357. The van der Waals surface area contributed by atoms with Crippen LogP contribution < -0.4 is 5.73 Å². The largest absolute Gasteiger partial charge is 0.469 e. The summed E-state index contributed by atoms with van der Waals surface area (Å²) >= 11 is 0. The zero-order chi connectivity index (χ0) is 12.4. The molecule has 1 aliphatic rings. The fourth-order valence-electron chi connectivity index (χ4n) is 2.00. The lowest BCUT2D eigenvalue weighted by Gasteiger charge is -2.38. The molecule has 0 aromatic carbocycles. The smallest absolute Gasteiger partial charge is 0.406 e. The minimum Gasteiger partial charge on any atom is -0.469 e. The Morgan fingerprint density at radius 2 is 1.94 bits per heavy atom. The molecule has 0 atom stereocenters. The lowest BCUT2D eigenvalue weighted by atomic mass is 9.75. The highest BCUT2D eigenvalue weighted by Gasteiger charge is 2.52. The van der Waals surface area contributed by atoms with Gasteiger partial charge in [-0.05, 0) is 31.6 Å². The number of carbonyl (C=O) groups excluding carboxylic acids is 1. The van der Waals surface area contributed by atoms with Crippen LogP contribution in [0.25, 0.3) is 0 Å². The van der Waals surface area contributed by atoms with Gasteiger partial charge in [0.25, 0.3) is 0 Å². The molecule has 0 radical (unpaired) electrons. The molecule has 0 aromatic heterocycles. The normalized spacial score (nSPS) is 31.2. The van der Waals surface area contributed by atoms with E-state index in [4.69, 9.17) is 5.73 Å². The third kappa shape index (κ3) is 2.87. The standard InChI is InChI=1S/C10H16F3NO2/c1-16-8(15)6-7-2-4-9(14,5-3-7)10(11,12)13/h7H,2-6,14H2,1H3. The second-order valence-corrected chi connectivity index (χ2v) is 4.38. The fraction of sp³-hybridized carbons (Fsp3) is 0.900. The van der Waals surface area contributed by atoms with Gasteiger partial charge in [0.1, 0.15) is 5.54 Å². The maximum absolute atomic E-state index is 12.6. The molecule has 0 saturated heterocycles. The highest BCUT2D eigenvalue weighted by molar-refractivity contribution is 5.69. The first-order valence-electron chi connectivity index (χ1n) is 5.21. The fourth-order valence-corrected chi connectivity index (χ4v) is 2.00. The second kappa shape index (κ2) is 4.61. The van der Waals surface area contributed by atoms with Crippen LogP contribution in [0.1, 0.15) is 32.1 Å². The SMILES string of the molecule is COC(=O)CC1CCC(N)(C(F)(F)F)CC1. The molecular weight excluding hydrogens is 223 g/mol. The Balaban J connectivity index is 2.48. The molecule has 0 aliphatic heterocycles. The molecule has 0 amide bonds. The van der Waals surface area contributed by atoms with E-state index in [0.717, 1.165) is 0 Å². The van der Waals surface area contributed by atoms with Gasteiger partial charge < -0.3 is 10.5 Å². The molecule has 1 saturated carbocycles. The lowest BCUT2D eigenvalue weighted by Crippen LogP contribution is -2.55. The minimum atomic E-state index is -4.36. The Bertz CT molecular complexity index is 257. The van der Waals surface area contributed by atoms with Crippen molar-refractivity contribution in [3.05, 3.63) is 0 Å². The van der Waals surface area contributed by atoms with Gasteiger partial charge in [-0.1, -0.05) is 0 Å². The Kier molecular flexibility index (Phi) is 3.83. The molecule has 1 fully saturated rings. The summed E-state index contributed by atoms with van der Waals surface area (Å²) in [5, 5.41) is 0. The molecule has 1 rings (SSSR count). The van der Waals surface area contributed by atoms with Crippen LogP contribution in [0.5, 0.6) is 0 Å². The predicted molar refractivity (Wildman–Crippen MR) is 51.6 cm³/mol. The summed E-state index contributed by atoms with van der Waals surface area (Å²) in [6, 6.07) is 0. The topological polar surface area (TPSA) is 52.3 Å². The van der Waals surface area contributed by atoms with Crippen molar-refractivity contribution in [3.63, 3.8) is 0 Å². The molecular formula is C10H16F3NO2. The summed E-state index contributed by atoms with van der Waals surface area (Å²) in [5.74, 6) is -0.409. The van der Waals surface area contributed by atoms with Crippen LogP contribution in [-0.2, 0) is 9.53 Å². The molecule has 6 heteroatoms. The van der Waals surface area contributed by atoms with Crippen molar-refractivity contribution in [3.8, 4) is 0 Å². The number of hydrogen-bond acceptors (Lipinski definition) is 3. The number of hydrogen-bond donors (Lipinski definition) is 1. The van der Waals surface area contributed by atoms with E-state index in [1.54, 1.807) is 0 Å². The molecule has 2 N–H and O–H groups in total. The van der Waals surface area contributed by atoms with Crippen LogP contribution in [0.4, 0.5) is 13.2 Å². The molecule has 3 nitrogen and oxygen atoms in total. The molecule has 0 spiro atoms. The van der Waals surface area contributed by atoms with Crippen LogP contribution in [0.15, 0.2) is 0 Å². The highest BCUT2D eigenvalue weighted by Crippen LogP contribution is 2.42. The Labute approximate surface area is 92.1 Å². The van der Waals surface area contributed by atoms with Crippen LogP contribution in [0.3, 0.4) is 0 Å². The maximum Gasteiger partial charge on any atom is 0.406 e. The Morgan fingerprint density at radius 3 is 2.31 bits per heavy atom. The van der Waals surface area contributed by atoms with Crippen molar-refractivity contribution >= 4 is 5.97 Å². The first kappa shape index (κ1) is 13.3. The average molecular weight is 239 g/mol. The number of alkyl halides is 3. The predicted octanol–water partition coefficient (Wildman–Crippen LogP) is 2.00. The number of carbonyl (C=O) groups is 1. The van der Waals surface area contributed by atoms with Crippen molar-refractivity contribution in [1.29, 1.82) is 0 Å². The summed E-state index contributed by atoms with van der Waals surface area (Å²) in [4.78, 5) is 11.0. The maximum atomic E-state index is 12.6. The van der Waals surface area contributed by atoms with E-state index in [-0.39, 0.29) is 31.1 Å². The zero-order valence-corrected chi connectivity index (χ0v) is 9.14. The Morgan fingerprint density at radius 1 is 1.44 bits per heavy atom. The molecule has 0 aromatic rings. The number of methoxy groups -OCH3 is 1. The summed E-state index contributed by atoms with van der Waals surface area (Å²) in [6.45, 7) is 0. The van der Waals surface area contributed by atoms with Gasteiger partial charge in [0, 0.05) is 6.42 Å². The van der Waals surface area contributed by atoms with Crippen molar-refractivity contribution in [2.24, 2.45) is 11.7 Å². The third-order valence-corrected chi connectivity index (χ3v) is 3.24. The van der Waals surface area contributed by atoms with E-state index in [1.807, 2.05) is 0 Å². The molecule has 0 bridgehead atoms. The zero-order valence-electron chi connectivity index (χ0n) is 9.14. The van der Waals surface area contributed by atoms with Crippen LogP contribution in [0, 0.1) is 5.92 Å². The second-order valence-electron chi connectivity index (χ2n) is 4.38. The van der Waals surface area contributed by atoms with Gasteiger partial charge in [0.05, 0.1) is 7.11 Å². The summed E-state index contributed by atoms with van der Waals surface area (Å²) < 4.78 is 42.2. The third-order valence-electron chi connectivity index (χ3n) is 3.24. The van der Waals surface area contributed by atoms with Crippen molar-refractivity contribution < 1.29 is 22.7 Å². The summed E-state index contributed by atoms with van der Waals surface area (Å²) in [5.41, 5.74) is 3.25. The van der Waals surface area contributed by atoms with Gasteiger partial charge in [0.2, 0.25) is 0 Å². The monoisotopic (exact) mass is 239 g/mol. The van der Waals surface area contributed by atoms with E-state index < -0.39 is 11.7 Å². The first-order chi connectivity index (χ1) is 7.28. The molecule has 94 valence electrons. The van der Waals surface area contributed by atoms with E-state index in [0.29, 0.717) is 12.8 Å². The van der Waals surface area contributed by atoms with Crippen molar-refractivity contribution in [1.82, 2.24) is 0 Å². The number of halogens is 3. The average Bonchev–Trinajstić information content (AvgIpc) is 2.20. The quantitative estimate of drug-likeness (QED) is 0.750. The molecule has 0 heterocycles. The first-order valence-corrected chi connectivity index (χ1v) is 5.21. The van der Waals surface area contributed by atoms with Gasteiger partial charge in [0.15, 0.2) is 0 Å². The van der Waals surface area contributed by atoms with Gasteiger partial charge in [-0.25, -0.2) is 0 Å². The van der Waals surface area contributed by atoms with Crippen LogP contribution in [0.2, 0.25) is 0 Å². The number of esters is 1. The van der Waals surface area contributed by atoms with Gasteiger partial charge in [-0.15, -0.1) is 0 Å². The molecule has 16 heavy (non-hydrogen) atoms. The van der Waals surface area contributed by atoms with E-state index in [9.17, 15) is 18.0 Å². The van der Waals surface area contributed by atoms with Crippen molar-refractivity contribution in [2.75, 3.05) is 7.11 Å². The van der Waals surface area contributed by atoms with Crippen molar-refractivity contribution in [2.45, 2.75) is 43.8 Å². The van der Waals surface area contributed by atoms with Crippen LogP contribution in [-0.4, -0.2) is 24.8 Å². The molecule has 0 unspecified atom stereocenters. The highest BCUT2D eigenvalue weighted by atomic mass is 19.4. The summed E-state index contributed by atoms with van der Waals surface area (Å²) in [6.07, 6.45) is -3.75. The summed E-state index contributed by atoms with van der Waals surface area (Å²) in [7, 11) is 1.27. The van der Waals surface area contributed by atoms with E-state index in [1.165, 1.54) is 7.11 Å². The Hall–Kier alpha value is -0.780. The van der Waals surface area contributed by atoms with Crippen LogP contribution >= 0.6 is 0 Å². The van der Waals surface area contributed by atoms with Gasteiger partial charge in [-0.2, -0.15) is 13.2 Å². The van der Waals surface area contributed by atoms with E-state index in [2.05, 4.69) is 4.74 Å². The van der Waals surface area contributed by atoms with Gasteiger partial charge in [-0.3, -0.25) is 4.79 Å². The number of ether oxygens (including phenoxy) is 1. The number of nitrogens with two attached hydrogens (primary N) is 1. The van der Waals surface area contributed by atoms with Gasteiger partial charge >= 0.3 is 12.1 Å². The molecule has 1 aliphatic carbocycles.